The minimum Gasteiger partial charge on any atom is -0.371 e. The van der Waals surface area contributed by atoms with Gasteiger partial charge in [-0.25, -0.2) is 0 Å². The average Bonchev–Trinajstić information content (AvgIpc) is 2.84. The molecule has 1 unspecified atom stereocenters. The molecule has 1 saturated heterocycles. The van der Waals surface area contributed by atoms with E-state index in [-0.39, 0.29) is 5.60 Å². The zero-order chi connectivity index (χ0) is 11.2. The maximum Gasteiger partial charge on any atom is 0.0924 e. The Morgan fingerprint density at radius 3 is 3.00 bits per heavy atom. The van der Waals surface area contributed by atoms with Gasteiger partial charge in [-0.05, 0) is 38.8 Å². The molecule has 1 fully saturated rings. The molecule has 1 aromatic heterocycles. The van der Waals surface area contributed by atoms with E-state index < -0.39 is 0 Å². The lowest BCUT2D eigenvalue weighted by molar-refractivity contribution is 0.0181. The smallest absolute Gasteiger partial charge is 0.0924 e. The molecule has 2 heterocycles. The first kappa shape index (κ1) is 9.91. The topological polar surface area (TPSA) is 25.0 Å². The summed E-state index contributed by atoms with van der Waals surface area (Å²) in [5, 5.41) is 1.31. The molecule has 0 saturated carbocycles. The van der Waals surface area contributed by atoms with Crippen molar-refractivity contribution in [2.75, 3.05) is 6.61 Å². The van der Waals surface area contributed by atoms with Gasteiger partial charge in [-0.2, -0.15) is 0 Å². The molecule has 0 bridgehead atoms. The zero-order valence-electron chi connectivity index (χ0n) is 9.84. The van der Waals surface area contributed by atoms with Crippen molar-refractivity contribution in [1.82, 2.24) is 4.98 Å². The zero-order valence-corrected chi connectivity index (χ0v) is 9.84. The molecule has 84 valence electrons. The van der Waals surface area contributed by atoms with Crippen LogP contribution in [0.15, 0.2) is 24.4 Å². The van der Waals surface area contributed by atoms with E-state index in [9.17, 15) is 0 Å². The van der Waals surface area contributed by atoms with Gasteiger partial charge in [0, 0.05) is 29.3 Å². The van der Waals surface area contributed by atoms with Gasteiger partial charge in [0.15, 0.2) is 0 Å². The monoisotopic (exact) mass is 215 g/mol. The van der Waals surface area contributed by atoms with Crippen LogP contribution in [-0.4, -0.2) is 11.6 Å². The lowest BCUT2D eigenvalue weighted by atomic mass is 9.92. The molecule has 1 aliphatic heterocycles. The summed E-state index contributed by atoms with van der Waals surface area (Å²) in [6, 6.07) is 6.53. The van der Waals surface area contributed by atoms with Gasteiger partial charge >= 0.3 is 0 Å². The number of ether oxygens (including phenoxy) is 1. The van der Waals surface area contributed by atoms with Crippen LogP contribution in [0.3, 0.4) is 0 Å². The lowest BCUT2D eigenvalue weighted by Gasteiger charge is -2.22. The summed E-state index contributed by atoms with van der Waals surface area (Å²) < 4.78 is 5.91. The van der Waals surface area contributed by atoms with Crippen molar-refractivity contribution in [2.45, 2.75) is 32.3 Å². The number of benzene rings is 1. The lowest BCUT2D eigenvalue weighted by Crippen LogP contribution is -2.19. The molecule has 0 spiro atoms. The molecule has 1 aliphatic rings. The van der Waals surface area contributed by atoms with Crippen LogP contribution in [0.1, 0.15) is 30.9 Å². The molecule has 2 aromatic rings. The Morgan fingerprint density at radius 1 is 1.38 bits per heavy atom. The molecular weight excluding hydrogens is 198 g/mol. The number of H-pyrrole nitrogens is 1. The van der Waals surface area contributed by atoms with E-state index in [1.54, 1.807) is 0 Å². The van der Waals surface area contributed by atoms with E-state index in [1.807, 2.05) is 0 Å². The van der Waals surface area contributed by atoms with Gasteiger partial charge in [-0.15, -0.1) is 0 Å². The summed E-state index contributed by atoms with van der Waals surface area (Å²) in [4.78, 5) is 3.34. The van der Waals surface area contributed by atoms with E-state index >= 15 is 0 Å². The molecule has 0 radical (unpaired) electrons. The van der Waals surface area contributed by atoms with E-state index in [4.69, 9.17) is 4.74 Å². The Morgan fingerprint density at radius 2 is 2.25 bits per heavy atom. The largest absolute Gasteiger partial charge is 0.371 e. The Labute approximate surface area is 95.6 Å². The van der Waals surface area contributed by atoms with Crippen molar-refractivity contribution >= 4 is 10.9 Å². The van der Waals surface area contributed by atoms with E-state index in [1.165, 1.54) is 22.0 Å². The highest BCUT2D eigenvalue weighted by Crippen LogP contribution is 2.39. The van der Waals surface area contributed by atoms with Crippen LogP contribution in [0.4, 0.5) is 0 Å². The highest BCUT2D eigenvalue weighted by atomic mass is 16.5. The van der Waals surface area contributed by atoms with Crippen molar-refractivity contribution in [3.05, 3.63) is 35.5 Å². The molecular formula is C14H17NO. The van der Waals surface area contributed by atoms with Crippen molar-refractivity contribution in [3.8, 4) is 0 Å². The van der Waals surface area contributed by atoms with E-state index in [0.717, 1.165) is 19.4 Å². The fraction of sp³-hybridized carbons (Fsp3) is 0.429. The van der Waals surface area contributed by atoms with Crippen LogP contribution in [-0.2, 0) is 10.3 Å². The summed E-state index contributed by atoms with van der Waals surface area (Å²) >= 11 is 0. The molecule has 2 heteroatoms. The first-order valence-electron chi connectivity index (χ1n) is 5.91. The SMILES string of the molecule is Cc1ccc2[nH]cc(C3(C)CCCO3)c2c1. The second-order valence-corrected chi connectivity index (χ2v) is 4.93. The van der Waals surface area contributed by atoms with Crippen LogP contribution in [0, 0.1) is 6.92 Å². The van der Waals surface area contributed by atoms with Gasteiger partial charge in [-0.1, -0.05) is 11.6 Å². The van der Waals surface area contributed by atoms with Gasteiger partial charge in [0.1, 0.15) is 0 Å². The first-order valence-corrected chi connectivity index (χ1v) is 5.91. The summed E-state index contributed by atoms with van der Waals surface area (Å²) in [5.74, 6) is 0. The highest BCUT2D eigenvalue weighted by Gasteiger charge is 2.33. The minimum atomic E-state index is -0.0912. The van der Waals surface area contributed by atoms with Gasteiger partial charge in [0.2, 0.25) is 0 Å². The van der Waals surface area contributed by atoms with Crippen LogP contribution >= 0.6 is 0 Å². The second kappa shape index (κ2) is 3.36. The summed E-state index contributed by atoms with van der Waals surface area (Å²) in [7, 11) is 0. The average molecular weight is 215 g/mol. The molecule has 0 aliphatic carbocycles. The van der Waals surface area contributed by atoms with Crippen LogP contribution in [0.2, 0.25) is 0 Å². The molecule has 1 N–H and O–H groups in total. The molecule has 0 amide bonds. The minimum absolute atomic E-state index is 0.0912. The van der Waals surface area contributed by atoms with Gasteiger partial charge in [0.05, 0.1) is 5.60 Å². The molecule has 1 atom stereocenters. The number of nitrogens with one attached hydrogen (secondary N) is 1. The number of rotatable bonds is 1. The van der Waals surface area contributed by atoms with Gasteiger partial charge < -0.3 is 9.72 Å². The quantitative estimate of drug-likeness (QED) is 0.773. The predicted octanol–water partition coefficient (Wildman–Crippen LogP) is 3.50. The van der Waals surface area contributed by atoms with Crippen LogP contribution in [0.5, 0.6) is 0 Å². The van der Waals surface area contributed by atoms with Crippen LogP contribution < -0.4 is 0 Å². The predicted molar refractivity (Wildman–Crippen MR) is 65.6 cm³/mol. The van der Waals surface area contributed by atoms with Gasteiger partial charge in [-0.3, -0.25) is 0 Å². The summed E-state index contributed by atoms with van der Waals surface area (Å²) in [6.45, 7) is 5.22. The molecule has 16 heavy (non-hydrogen) atoms. The van der Waals surface area contributed by atoms with Crippen LogP contribution in [0.25, 0.3) is 10.9 Å². The van der Waals surface area contributed by atoms with E-state index in [0.29, 0.717) is 0 Å². The normalized spacial score (nSPS) is 25.4. The second-order valence-electron chi connectivity index (χ2n) is 4.93. The molecule has 3 rings (SSSR count). The summed E-state index contributed by atoms with van der Waals surface area (Å²) in [6.07, 6.45) is 4.39. The fourth-order valence-corrected chi connectivity index (χ4v) is 2.66. The highest BCUT2D eigenvalue weighted by molar-refractivity contribution is 5.84. The van der Waals surface area contributed by atoms with Crippen molar-refractivity contribution in [2.24, 2.45) is 0 Å². The van der Waals surface area contributed by atoms with Crippen molar-refractivity contribution in [1.29, 1.82) is 0 Å². The number of hydrogen-bond acceptors (Lipinski definition) is 1. The standard InChI is InChI=1S/C14H17NO/c1-10-4-5-13-11(8-10)12(9-15-13)14(2)6-3-7-16-14/h4-5,8-9,15H,3,6-7H2,1-2H3. The first-order chi connectivity index (χ1) is 7.69. The number of aromatic nitrogens is 1. The Balaban J connectivity index is 2.19. The third-order valence-electron chi connectivity index (χ3n) is 3.63. The molecule has 2 nitrogen and oxygen atoms in total. The Bertz CT molecular complexity index is 521. The third kappa shape index (κ3) is 1.37. The number of hydrogen-bond donors (Lipinski definition) is 1. The van der Waals surface area contributed by atoms with E-state index in [2.05, 4.69) is 43.2 Å². The summed E-state index contributed by atoms with van der Waals surface area (Å²) in [5.41, 5.74) is 3.72. The van der Waals surface area contributed by atoms with Crippen molar-refractivity contribution in [3.63, 3.8) is 0 Å². The third-order valence-corrected chi connectivity index (χ3v) is 3.63. The number of aromatic amines is 1. The molecule has 1 aromatic carbocycles. The number of aryl methyl sites for hydroxylation is 1. The Kier molecular flexibility index (Phi) is 2.08. The number of fused-ring (bicyclic) bond motifs is 1. The maximum absolute atomic E-state index is 5.91. The fourth-order valence-electron chi connectivity index (χ4n) is 2.66. The maximum atomic E-state index is 5.91. The Hall–Kier alpha value is -1.28. The van der Waals surface area contributed by atoms with Crippen molar-refractivity contribution < 1.29 is 4.74 Å². The van der Waals surface area contributed by atoms with Gasteiger partial charge in [0.25, 0.3) is 0 Å².